The summed E-state index contributed by atoms with van der Waals surface area (Å²) in [4.78, 5) is 2.27. The second-order valence-electron chi connectivity index (χ2n) is 6.14. The fourth-order valence-corrected chi connectivity index (χ4v) is 3.94. The number of benzene rings is 2. The molecular formula is C20H27ClN2O5S. The molecule has 2 aromatic carbocycles. The number of nitrogens with zero attached hydrogens (tertiary/aromatic N) is 1. The Labute approximate surface area is 177 Å². The molecule has 160 valence electrons. The number of ether oxygens (including phenoxy) is 3. The van der Waals surface area contributed by atoms with Crippen LogP contribution in [0.3, 0.4) is 0 Å². The molecule has 0 aromatic heterocycles. The summed E-state index contributed by atoms with van der Waals surface area (Å²) >= 11 is 6.19. The number of sulfonamides is 1. The van der Waals surface area contributed by atoms with E-state index in [0.29, 0.717) is 34.6 Å². The van der Waals surface area contributed by atoms with Gasteiger partial charge in [-0.25, -0.2) is 8.42 Å². The van der Waals surface area contributed by atoms with E-state index in [2.05, 4.69) is 23.5 Å². The van der Waals surface area contributed by atoms with Crippen LogP contribution in [0.4, 0.5) is 5.69 Å². The minimum absolute atomic E-state index is 0.0501. The molecule has 0 aliphatic carbocycles. The lowest BCUT2D eigenvalue weighted by atomic mass is 10.3. The first-order valence-electron chi connectivity index (χ1n) is 9.24. The van der Waals surface area contributed by atoms with Crippen molar-refractivity contribution in [3.8, 4) is 17.2 Å². The standard InChI is InChI=1S/C20H27ClN2O5S/c1-5-23(6-2)11-12-28-19-13-15(7-9-17(19)21)22-29(24,25)16-8-10-18(26-3)20(14-16)27-4/h7-10,13-14,22H,5-6,11-12H2,1-4H3. The Bertz CT molecular complexity index is 917. The zero-order chi connectivity index (χ0) is 21.4. The molecule has 9 heteroatoms. The van der Waals surface area contributed by atoms with Gasteiger partial charge in [0, 0.05) is 18.7 Å². The molecule has 0 radical (unpaired) electrons. The maximum atomic E-state index is 12.8. The molecule has 0 amide bonds. The Morgan fingerprint density at radius 3 is 2.28 bits per heavy atom. The highest BCUT2D eigenvalue weighted by atomic mass is 35.5. The maximum absolute atomic E-state index is 12.8. The van der Waals surface area contributed by atoms with E-state index < -0.39 is 10.0 Å². The largest absolute Gasteiger partial charge is 0.493 e. The van der Waals surface area contributed by atoms with E-state index in [1.165, 1.54) is 32.4 Å². The molecule has 29 heavy (non-hydrogen) atoms. The molecule has 2 rings (SSSR count). The van der Waals surface area contributed by atoms with Crippen molar-refractivity contribution in [2.24, 2.45) is 0 Å². The topological polar surface area (TPSA) is 77.1 Å². The van der Waals surface area contributed by atoms with Gasteiger partial charge < -0.3 is 19.1 Å². The lowest BCUT2D eigenvalue weighted by Gasteiger charge is -2.18. The summed E-state index contributed by atoms with van der Waals surface area (Å²) < 4.78 is 44.1. The van der Waals surface area contributed by atoms with Crippen LogP contribution in [0.25, 0.3) is 0 Å². The number of halogens is 1. The van der Waals surface area contributed by atoms with Gasteiger partial charge in [-0.1, -0.05) is 25.4 Å². The van der Waals surface area contributed by atoms with Crippen LogP contribution in [0.5, 0.6) is 17.2 Å². The number of hydrogen-bond acceptors (Lipinski definition) is 6. The minimum Gasteiger partial charge on any atom is -0.493 e. The zero-order valence-electron chi connectivity index (χ0n) is 17.1. The van der Waals surface area contributed by atoms with Crippen molar-refractivity contribution in [1.29, 1.82) is 0 Å². The lowest BCUT2D eigenvalue weighted by Crippen LogP contribution is -2.27. The van der Waals surface area contributed by atoms with Crippen LogP contribution in [-0.4, -0.2) is 53.8 Å². The van der Waals surface area contributed by atoms with Crippen LogP contribution in [0.2, 0.25) is 5.02 Å². The average Bonchev–Trinajstić information content (AvgIpc) is 2.72. The molecule has 0 spiro atoms. The highest BCUT2D eigenvalue weighted by molar-refractivity contribution is 7.92. The molecule has 7 nitrogen and oxygen atoms in total. The normalized spacial score (nSPS) is 11.4. The molecule has 0 atom stereocenters. The van der Waals surface area contributed by atoms with Crippen molar-refractivity contribution in [3.63, 3.8) is 0 Å². The SMILES string of the molecule is CCN(CC)CCOc1cc(NS(=O)(=O)c2ccc(OC)c(OC)c2)ccc1Cl. The number of nitrogens with one attached hydrogen (secondary N) is 1. The Hall–Kier alpha value is -2.16. The van der Waals surface area contributed by atoms with Gasteiger partial charge in [0.05, 0.1) is 29.8 Å². The number of hydrogen-bond donors (Lipinski definition) is 1. The molecule has 1 N–H and O–H groups in total. The van der Waals surface area contributed by atoms with Crippen molar-refractivity contribution in [2.75, 3.05) is 45.2 Å². The third-order valence-electron chi connectivity index (χ3n) is 4.41. The van der Waals surface area contributed by atoms with Crippen LogP contribution < -0.4 is 18.9 Å². The Balaban J connectivity index is 2.16. The van der Waals surface area contributed by atoms with Gasteiger partial charge in [0.2, 0.25) is 0 Å². The van der Waals surface area contributed by atoms with Gasteiger partial charge in [-0.05, 0) is 37.4 Å². The first kappa shape index (κ1) is 23.1. The molecule has 0 fully saturated rings. The van der Waals surface area contributed by atoms with E-state index in [9.17, 15) is 8.42 Å². The molecule has 0 saturated heterocycles. The van der Waals surface area contributed by atoms with Crippen molar-refractivity contribution < 1.29 is 22.6 Å². The Morgan fingerprint density at radius 1 is 0.966 bits per heavy atom. The molecule has 0 heterocycles. The van der Waals surface area contributed by atoms with Crippen LogP contribution in [0, 0.1) is 0 Å². The lowest BCUT2D eigenvalue weighted by molar-refractivity contribution is 0.223. The van der Waals surface area contributed by atoms with Gasteiger partial charge in [-0.3, -0.25) is 4.72 Å². The highest BCUT2D eigenvalue weighted by Crippen LogP contribution is 2.32. The van der Waals surface area contributed by atoms with Gasteiger partial charge in [0.25, 0.3) is 10.0 Å². The molecule has 0 aliphatic rings. The van der Waals surface area contributed by atoms with E-state index >= 15 is 0 Å². The summed E-state index contributed by atoms with van der Waals surface area (Å²) in [7, 11) is -0.902. The van der Waals surface area contributed by atoms with Gasteiger partial charge >= 0.3 is 0 Å². The third-order valence-corrected chi connectivity index (χ3v) is 6.10. The van der Waals surface area contributed by atoms with E-state index in [4.69, 9.17) is 25.8 Å². The first-order valence-corrected chi connectivity index (χ1v) is 11.1. The molecular weight excluding hydrogens is 416 g/mol. The van der Waals surface area contributed by atoms with E-state index in [1.807, 2.05) is 0 Å². The number of methoxy groups -OCH3 is 2. The first-order chi connectivity index (χ1) is 13.8. The molecule has 0 unspecified atom stereocenters. The summed E-state index contributed by atoms with van der Waals surface area (Å²) in [5.74, 6) is 1.19. The quantitative estimate of drug-likeness (QED) is 0.569. The van der Waals surface area contributed by atoms with Crippen molar-refractivity contribution in [1.82, 2.24) is 4.90 Å². The molecule has 0 aliphatic heterocycles. The van der Waals surface area contributed by atoms with E-state index in [1.54, 1.807) is 18.2 Å². The predicted molar refractivity (Wildman–Crippen MR) is 115 cm³/mol. The van der Waals surface area contributed by atoms with Crippen LogP contribution in [0.1, 0.15) is 13.8 Å². The molecule has 0 bridgehead atoms. The third kappa shape index (κ3) is 6.16. The van der Waals surface area contributed by atoms with Gasteiger partial charge in [-0.15, -0.1) is 0 Å². The summed E-state index contributed by atoms with van der Waals surface area (Å²) in [5.41, 5.74) is 0.349. The van der Waals surface area contributed by atoms with Crippen LogP contribution in [0.15, 0.2) is 41.3 Å². The fraction of sp³-hybridized carbons (Fsp3) is 0.400. The zero-order valence-corrected chi connectivity index (χ0v) is 18.6. The highest BCUT2D eigenvalue weighted by Gasteiger charge is 2.18. The number of anilines is 1. The fourth-order valence-electron chi connectivity index (χ4n) is 2.70. The van der Waals surface area contributed by atoms with Gasteiger partial charge in [0.15, 0.2) is 11.5 Å². The summed E-state index contributed by atoms with van der Waals surface area (Å²) in [5, 5.41) is 0.415. The second kappa shape index (κ2) is 10.6. The maximum Gasteiger partial charge on any atom is 0.262 e. The molecule has 2 aromatic rings. The van der Waals surface area contributed by atoms with Crippen molar-refractivity contribution in [2.45, 2.75) is 18.7 Å². The van der Waals surface area contributed by atoms with E-state index in [-0.39, 0.29) is 4.90 Å². The van der Waals surface area contributed by atoms with Crippen molar-refractivity contribution >= 4 is 27.3 Å². The second-order valence-corrected chi connectivity index (χ2v) is 8.23. The van der Waals surface area contributed by atoms with Gasteiger partial charge in [-0.2, -0.15) is 0 Å². The number of likely N-dealkylation sites (N-methyl/N-ethyl adjacent to an activating group) is 1. The van der Waals surface area contributed by atoms with Crippen LogP contribution >= 0.6 is 11.6 Å². The Morgan fingerprint density at radius 2 is 1.66 bits per heavy atom. The average molecular weight is 443 g/mol. The summed E-state index contributed by atoms with van der Waals surface area (Å²) in [6.45, 7) is 7.23. The monoisotopic (exact) mass is 442 g/mol. The predicted octanol–water partition coefficient (Wildman–Crippen LogP) is 3.88. The van der Waals surface area contributed by atoms with E-state index in [0.717, 1.165) is 19.6 Å². The minimum atomic E-state index is -3.83. The smallest absolute Gasteiger partial charge is 0.262 e. The molecule has 0 saturated carbocycles. The van der Waals surface area contributed by atoms with Gasteiger partial charge in [0.1, 0.15) is 12.4 Å². The summed E-state index contributed by atoms with van der Waals surface area (Å²) in [6, 6.07) is 9.14. The summed E-state index contributed by atoms with van der Waals surface area (Å²) in [6.07, 6.45) is 0. The van der Waals surface area contributed by atoms with Crippen molar-refractivity contribution in [3.05, 3.63) is 41.4 Å². The Kier molecular flexibility index (Phi) is 8.43. The number of rotatable bonds is 11. The van der Waals surface area contributed by atoms with Crippen LogP contribution in [-0.2, 0) is 10.0 Å².